The number of aliphatic carboxylic acids is 3. The fourth-order valence-electron chi connectivity index (χ4n) is 3.98. The van der Waals surface area contributed by atoms with E-state index in [1.165, 1.54) is 25.3 Å². The SMILES string of the molecule is COc1ccc(/C=C2\NC(=O)[C@H](CCC[NH+]=C(N)N)NC2=O)cc1OCC[C@H](NC(=O)C[C@](O)(CC(=O)[O-])C(=O)[O-])C(=O)[O-]. The van der Waals surface area contributed by atoms with Crippen LogP contribution in [-0.2, 0) is 28.8 Å². The molecule has 1 saturated heterocycles. The molecule has 2 rings (SSSR count). The summed E-state index contributed by atoms with van der Waals surface area (Å²) in [6.45, 7) is 0.0480. The molecular formula is C26H32N6O12-2. The number of hydrogen-bond donors (Lipinski definition) is 7. The predicted molar refractivity (Wildman–Crippen MR) is 141 cm³/mol. The molecule has 18 heteroatoms. The Morgan fingerprint density at radius 2 is 1.86 bits per heavy atom. The van der Waals surface area contributed by atoms with E-state index >= 15 is 0 Å². The van der Waals surface area contributed by atoms with Crippen LogP contribution in [0.25, 0.3) is 6.08 Å². The van der Waals surface area contributed by atoms with Gasteiger partial charge in [-0.1, -0.05) is 6.07 Å². The first-order valence-electron chi connectivity index (χ1n) is 13.0. The molecule has 1 aliphatic heterocycles. The molecule has 1 aromatic rings. The molecule has 1 fully saturated rings. The Balaban J connectivity index is 2.06. The lowest BCUT2D eigenvalue weighted by Gasteiger charge is -2.30. The average molecular weight is 621 g/mol. The molecule has 18 nitrogen and oxygen atoms in total. The summed E-state index contributed by atoms with van der Waals surface area (Å²) < 4.78 is 10.8. The van der Waals surface area contributed by atoms with Crippen molar-refractivity contribution in [3.63, 3.8) is 0 Å². The van der Waals surface area contributed by atoms with E-state index in [1.54, 1.807) is 6.07 Å². The topological polar surface area (TPSA) is 312 Å². The van der Waals surface area contributed by atoms with Crippen LogP contribution in [0.15, 0.2) is 23.9 Å². The van der Waals surface area contributed by atoms with Gasteiger partial charge in [0.25, 0.3) is 5.91 Å². The minimum atomic E-state index is -3.14. The van der Waals surface area contributed by atoms with Crippen molar-refractivity contribution in [1.82, 2.24) is 16.0 Å². The lowest BCUT2D eigenvalue weighted by Crippen LogP contribution is -2.78. The minimum absolute atomic E-state index is 0.0397. The van der Waals surface area contributed by atoms with Gasteiger partial charge in [0.05, 0.1) is 44.7 Å². The van der Waals surface area contributed by atoms with E-state index in [0.717, 1.165) is 0 Å². The summed E-state index contributed by atoms with van der Waals surface area (Å²) in [5.74, 6) is -7.96. The highest BCUT2D eigenvalue weighted by molar-refractivity contribution is 6.07. The Hall–Kier alpha value is -5.39. The number of carbonyl (C=O) groups is 6. The Morgan fingerprint density at radius 1 is 1.16 bits per heavy atom. The number of ether oxygens (including phenoxy) is 2. The van der Waals surface area contributed by atoms with Crippen molar-refractivity contribution >= 4 is 47.7 Å². The summed E-state index contributed by atoms with van der Waals surface area (Å²) in [6.07, 6.45) is -1.02. The number of benzene rings is 1. The van der Waals surface area contributed by atoms with Crippen LogP contribution in [0.1, 0.15) is 37.7 Å². The van der Waals surface area contributed by atoms with E-state index in [1.807, 2.05) is 5.32 Å². The van der Waals surface area contributed by atoms with Gasteiger partial charge in [-0.25, -0.2) is 0 Å². The molecule has 1 aliphatic rings. The van der Waals surface area contributed by atoms with Crippen molar-refractivity contribution in [2.75, 3.05) is 20.3 Å². The average Bonchev–Trinajstić information content (AvgIpc) is 2.92. The monoisotopic (exact) mass is 620 g/mol. The zero-order valence-electron chi connectivity index (χ0n) is 23.5. The Bertz CT molecular complexity index is 1340. The number of nitrogens with two attached hydrogens (primary N) is 2. The van der Waals surface area contributed by atoms with Gasteiger partial charge in [-0.3, -0.25) is 30.8 Å². The van der Waals surface area contributed by atoms with Crippen LogP contribution in [0.4, 0.5) is 0 Å². The van der Waals surface area contributed by atoms with Crippen molar-refractivity contribution in [2.24, 2.45) is 11.5 Å². The van der Waals surface area contributed by atoms with Crippen LogP contribution < -0.4 is 57.2 Å². The molecular weight excluding hydrogens is 588 g/mol. The predicted octanol–water partition coefficient (Wildman–Crippen LogP) is -8.20. The summed E-state index contributed by atoms with van der Waals surface area (Å²) in [5, 5.41) is 50.4. The van der Waals surface area contributed by atoms with Gasteiger partial charge in [0, 0.05) is 18.8 Å². The highest BCUT2D eigenvalue weighted by Gasteiger charge is 2.33. The summed E-state index contributed by atoms with van der Waals surface area (Å²) >= 11 is 0. The van der Waals surface area contributed by atoms with Gasteiger partial charge < -0.3 is 60.2 Å². The summed E-state index contributed by atoms with van der Waals surface area (Å²) in [5.41, 5.74) is 7.84. The fourth-order valence-corrected chi connectivity index (χ4v) is 3.98. The van der Waals surface area contributed by atoms with Gasteiger partial charge in [0.15, 0.2) is 11.5 Å². The van der Waals surface area contributed by atoms with Gasteiger partial charge in [-0.2, -0.15) is 0 Å². The molecule has 3 atom stereocenters. The molecule has 240 valence electrons. The quantitative estimate of drug-likeness (QED) is 0.0368. The minimum Gasteiger partial charge on any atom is -0.550 e. The zero-order chi connectivity index (χ0) is 33.0. The Morgan fingerprint density at radius 3 is 2.45 bits per heavy atom. The zero-order valence-corrected chi connectivity index (χ0v) is 23.5. The van der Waals surface area contributed by atoms with Crippen LogP contribution in [0.5, 0.6) is 11.5 Å². The summed E-state index contributed by atoms with van der Waals surface area (Å²) in [7, 11) is 1.33. The standard InChI is InChI=1S/C26H34N6O12/c1-43-17-5-4-13(9-16-22(37)31-14(21(36)32-16)3-2-7-29-25(27)28)10-18(17)44-8-6-15(23(38)39)30-19(33)11-26(42,24(40)41)12-20(34)35/h4-5,9-10,14-15,42H,2-3,6-8,11-12H2,1H3,(H,30,33)(H,31,37)(H,32,36)(H,34,35)(H,38,39)(H,40,41)(H4,27,28,29)/p-2/b16-9-/t14-,15-,26-/m0/s1. The fraction of sp³-hybridized carbons (Fsp3) is 0.423. The van der Waals surface area contributed by atoms with Crippen molar-refractivity contribution < 1.29 is 63.7 Å². The summed E-state index contributed by atoms with van der Waals surface area (Å²) in [4.78, 5) is 73.3. The second-order valence-corrected chi connectivity index (χ2v) is 9.63. The number of piperazine rings is 1. The number of methoxy groups -OCH3 is 1. The first kappa shape index (κ1) is 34.8. The maximum Gasteiger partial charge on any atom is 0.338 e. The van der Waals surface area contributed by atoms with Crippen molar-refractivity contribution in [3.05, 3.63) is 29.5 Å². The molecule has 0 saturated carbocycles. The van der Waals surface area contributed by atoms with E-state index in [9.17, 15) is 49.2 Å². The number of amides is 3. The molecule has 9 N–H and O–H groups in total. The third-order valence-corrected chi connectivity index (χ3v) is 6.18. The number of hydrogen-bond acceptors (Lipinski definition) is 12. The molecule has 0 unspecified atom stereocenters. The third kappa shape index (κ3) is 10.5. The molecule has 0 aliphatic carbocycles. The van der Waals surface area contributed by atoms with Crippen LogP contribution >= 0.6 is 0 Å². The first-order valence-corrected chi connectivity index (χ1v) is 13.0. The van der Waals surface area contributed by atoms with E-state index < -0.39 is 72.6 Å². The van der Waals surface area contributed by atoms with Gasteiger partial charge in [-0.05, 0) is 36.6 Å². The van der Waals surface area contributed by atoms with Crippen LogP contribution in [0.3, 0.4) is 0 Å². The lowest BCUT2D eigenvalue weighted by atomic mass is 9.95. The molecule has 0 aromatic heterocycles. The Kier molecular flexibility index (Phi) is 12.4. The molecule has 0 radical (unpaired) electrons. The molecule has 0 spiro atoms. The second-order valence-electron chi connectivity index (χ2n) is 9.63. The van der Waals surface area contributed by atoms with Gasteiger partial charge >= 0.3 is 5.96 Å². The molecule has 44 heavy (non-hydrogen) atoms. The van der Waals surface area contributed by atoms with E-state index in [0.29, 0.717) is 24.9 Å². The molecule has 1 heterocycles. The second kappa shape index (κ2) is 15.7. The number of carbonyl (C=O) groups excluding carboxylic acids is 6. The van der Waals surface area contributed by atoms with Gasteiger partial charge in [0.2, 0.25) is 11.8 Å². The highest BCUT2D eigenvalue weighted by atomic mass is 16.5. The number of carboxylic acid groups (broad SMARTS) is 3. The summed E-state index contributed by atoms with van der Waals surface area (Å²) in [6, 6.07) is 1.97. The number of aliphatic hydroxyl groups is 1. The highest BCUT2D eigenvalue weighted by Crippen LogP contribution is 2.29. The number of carboxylic acids is 3. The normalized spacial score (nSPS) is 17.3. The molecule has 3 amide bonds. The number of rotatable bonds is 17. The van der Waals surface area contributed by atoms with Gasteiger partial charge in [0.1, 0.15) is 17.3 Å². The van der Waals surface area contributed by atoms with Crippen molar-refractivity contribution in [3.8, 4) is 11.5 Å². The molecule has 0 bridgehead atoms. The maximum absolute atomic E-state index is 12.6. The Labute approximate surface area is 250 Å². The van der Waals surface area contributed by atoms with E-state index in [4.69, 9.17) is 20.9 Å². The van der Waals surface area contributed by atoms with E-state index in [-0.39, 0.29) is 29.8 Å². The van der Waals surface area contributed by atoms with Crippen LogP contribution in [0, 0.1) is 0 Å². The largest absolute Gasteiger partial charge is 0.550 e. The number of guanidine groups is 1. The molecule has 1 aromatic carbocycles. The van der Waals surface area contributed by atoms with Gasteiger partial charge in [-0.15, -0.1) is 0 Å². The van der Waals surface area contributed by atoms with Crippen molar-refractivity contribution in [2.45, 2.75) is 49.8 Å². The van der Waals surface area contributed by atoms with Crippen molar-refractivity contribution in [1.29, 1.82) is 0 Å². The third-order valence-electron chi connectivity index (χ3n) is 6.18. The maximum atomic E-state index is 12.6. The first-order chi connectivity index (χ1) is 20.6. The van der Waals surface area contributed by atoms with Crippen LogP contribution in [-0.4, -0.2) is 84.6 Å². The lowest BCUT2D eigenvalue weighted by molar-refractivity contribution is -0.459. The van der Waals surface area contributed by atoms with Crippen LogP contribution in [0.2, 0.25) is 0 Å². The van der Waals surface area contributed by atoms with E-state index in [2.05, 4.69) is 15.6 Å². The number of nitrogens with one attached hydrogen (secondary N) is 4. The smallest absolute Gasteiger partial charge is 0.338 e.